The normalized spacial score (nSPS) is 11.9. The number of nitro groups is 1. The Balaban J connectivity index is 2.25. The molecule has 0 bridgehead atoms. The van der Waals surface area contributed by atoms with Gasteiger partial charge in [-0.25, -0.2) is 4.39 Å². The minimum absolute atomic E-state index is 0.0272. The van der Waals surface area contributed by atoms with Gasteiger partial charge in [-0.2, -0.15) is 0 Å². The van der Waals surface area contributed by atoms with Gasteiger partial charge in [-0.15, -0.1) is 0 Å². The number of non-ortho nitro benzene ring substituents is 1. The van der Waals surface area contributed by atoms with E-state index in [4.69, 9.17) is 0 Å². The Bertz CT molecular complexity index is 691. The third-order valence-electron chi connectivity index (χ3n) is 3.01. The van der Waals surface area contributed by atoms with E-state index in [-0.39, 0.29) is 22.9 Å². The fraction of sp³-hybridized carbons (Fsp3) is 0.143. The molecule has 0 spiro atoms. The standard InChI is InChI=1S/C14H13FN2O4/c1-8(11-7-10(18)3-5-14(11)19)16-13-4-2-9(17(20)21)6-12(13)15/h2-8,16,18-19H,1H3. The smallest absolute Gasteiger partial charge is 0.272 e. The van der Waals surface area contributed by atoms with Crippen LogP contribution >= 0.6 is 0 Å². The lowest BCUT2D eigenvalue weighted by Gasteiger charge is -2.17. The van der Waals surface area contributed by atoms with Crippen LogP contribution in [-0.4, -0.2) is 15.1 Å². The highest BCUT2D eigenvalue weighted by Gasteiger charge is 2.15. The average molecular weight is 292 g/mol. The summed E-state index contributed by atoms with van der Waals surface area (Å²) in [5.41, 5.74) is 0.106. The number of phenols is 2. The van der Waals surface area contributed by atoms with Crippen molar-refractivity contribution in [3.63, 3.8) is 0 Å². The molecule has 0 aliphatic rings. The van der Waals surface area contributed by atoms with Crippen LogP contribution in [0.3, 0.4) is 0 Å². The van der Waals surface area contributed by atoms with Gasteiger partial charge in [0.15, 0.2) is 5.82 Å². The van der Waals surface area contributed by atoms with E-state index in [0.717, 1.165) is 6.07 Å². The molecule has 2 rings (SSSR count). The quantitative estimate of drug-likeness (QED) is 0.456. The predicted octanol–water partition coefficient (Wildman–Crippen LogP) is 3.32. The van der Waals surface area contributed by atoms with Gasteiger partial charge in [-0.1, -0.05) is 0 Å². The average Bonchev–Trinajstić information content (AvgIpc) is 2.43. The van der Waals surface area contributed by atoms with Crippen LogP contribution in [0.1, 0.15) is 18.5 Å². The van der Waals surface area contributed by atoms with E-state index in [1.54, 1.807) is 6.92 Å². The summed E-state index contributed by atoms with van der Waals surface area (Å²) in [5.74, 6) is -0.841. The number of rotatable bonds is 4. The number of halogens is 1. The van der Waals surface area contributed by atoms with Gasteiger partial charge < -0.3 is 15.5 Å². The van der Waals surface area contributed by atoms with Gasteiger partial charge in [-0.05, 0) is 31.2 Å². The minimum atomic E-state index is -0.768. The van der Waals surface area contributed by atoms with Crippen LogP contribution < -0.4 is 5.32 Å². The minimum Gasteiger partial charge on any atom is -0.508 e. The Morgan fingerprint density at radius 1 is 1.24 bits per heavy atom. The lowest BCUT2D eigenvalue weighted by Crippen LogP contribution is -2.08. The molecule has 1 unspecified atom stereocenters. The van der Waals surface area contributed by atoms with Gasteiger partial charge in [-0.3, -0.25) is 10.1 Å². The van der Waals surface area contributed by atoms with Crippen LogP contribution in [0.25, 0.3) is 0 Å². The highest BCUT2D eigenvalue weighted by Crippen LogP contribution is 2.31. The van der Waals surface area contributed by atoms with Crippen molar-refractivity contribution in [2.24, 2.45) is 0 Å². The van der Waals surface area contributed by atoms with Crippen molar-refractivity contribution < 1.29 is 19.5 Å². The zero-order valence-electron chi connectivity index (χ0n) is 11.1. The fourth-order valence-corrected chi connectivity index (χ4v) is 1.93. The van der Waals surface area contributed by atoms with E-state index in [1.807, 2.05) is 0 Å². The first-order valence-corrected chi connectivity index (χ1v) is 6.11. The topological polar surface area (TPSA) is 95.6 Å². The lowest BCUT2D eigenvalue weighted by molar-refractivity contribution is -0.385. The number of nitro benzene ring substituents is 1. The summed E-state index contributed by atoms with van der Waals surface area (Å²) in [6, 6.07) is 6.76. The van der Waals surface area contributed by atoms with Crippen molar-refractivity contribution >= 4 is 11.4 Å². The molecule has 2 aromatic rings. The molecule has 0 aliphatic carbocycles. The van der Waals surface area contributed by atoms with E-state index in [1.165, 1.54) is 30.3 Å². The second-order valence-electron chi connectivity index (χ2n) is 4.53. The van der Waals surface area contributed by atoms with Crippen LogP contribution in [0, 0.1) is 15.9 Å². The van der Waals surface area contributed by atoms with E-state index < -0.39 is 16.8 Å². The summed E-state index contributed by atoms with van der Waals surface area (Å²) in [6.07, 6.45) is 0. The fourth-order valence-electron chi connectivity index (χ4n) is 1.93. The molecule has 0 aliphatic heterocycles. The zero-order valence-corrected chi connectivity index (χ0v) is 11.1. The number of phenolic OH excluding ortho intramolecular Hbond substituents is 2. The number of nitrogens with zero attached hydrogens (tertiary/aromatic N) is 1. The maximum absolute atomic E-state index is 13.8. The monoisotopic (exact) mass is 292 g/mol. The summed E-state index contributed by atoms with van der Waals surface area (Å²) in [7, 11) is 0. The molecule has 0 aromatic heterocycles. The molecule has 1 atom stereocenters. The molecule has 110 valence electrons. The van der Waals surface area contributed by atoms with Crippen molar-refractivity contribution in [1.82, 2.24) is 0 Å². The molecule has 0 radical (unpaired) electrons. The maximum atomic E-state index is 13.8. The first kappa shape index (κ1) is 14.6. The number of anilines is 1. The summed E-state index contributed by atoms with van der Waals surface area (Å²) in [4.78, 5) is 9.86. The molecule has 3 N–H and O–H groups in total. The third kappa shape index (κ3) is 3.19. The number of hydrogen-bond acceptors (Lipinski definition) is 5. The van der Waals surface area contributed by atoms with Crippen molar-refractivity contribution in [1.29, 1.82) is 0 Å². The highest BCUT2D eigenvalue weighted by atomic mass is 19.1. The van der Waals surface area contributed by atoms with Gasteiger partial charge in [0.2, 0.25) is 0 Å². The largest absolute Gasteiger partial charge is 0.508 e. The van der Waals surface area contributed by atoms with Crippen LogP contribution in [-0.2, 0) is 0 Å². The van der Waals surface area contributed by atoms with E-state index in [2.05, 4.69) is 5.32 Å². The molecule has 21 heavy (non-hydrogen) atoms. The van der Waals surface area contributed by atoms with Crippen molar-refractivity contribution in [3.05, 3.63) is 57.9 Å². The van der Waals surface area contributed by atoms with Crippen molar-refractivity contribution in [2.45, 2.75) is 13.0 Å². The van der Waals surface area contributed by atoms with Crippen molar-refractivity contribution in [2.75, 3.05) is 5.32 Å². The first-order chi connectivity index (χ1) is 9.88. The Morgan fingerprint density at radius 2 is 1.95 bits per heavy atom. The van der Waals surface area contributed by atoms with Crippen LogP contribution in [0.5, 0.6) is 11.5 Å². The lowest BCUT2D eigenvalue weighted by atomic mass is 10.1. The summed E-state index contributed by atoms with van der Waals surface area (Å²) >= 11 is 0. The summed E-state index contributed by atoms with van der Waals surface area (Å²) < 4.78 is 13.8. The number of hydrogen-bond donors (Lipinski definition) is 3. The van der Waals surface area contributed by atoms with E-state index in [9.17, 15) is 24.7 Å². The first-order valence-electron chi connectivity index (χ1n) is 6.11. The summed E-state index contributed by atoms with van der Waals surface area (Å²) in [5, 5.41) is 32.5. The molecule has 7 heteroatoms. The molecular weight excluding hydrogens is 279 g/mol. The van der Waals surface area contributed by atoms with Crippen molar-refractivity contribution in [3.8, 4) is 11.5 Å². The SMILES string of the molecule is CC(Nc1ccc([N+](=O)[O-])cc1F)c1cc(O)ccc1O. The third-order valence-corrected chi connectivity index (χ3v) is 3.01. The van der Waals surface area contributed by atoms with Gasteiger partial charge in [0.25, 0.3) is 5.69 Å². The van der Waals surface area contributed by atoms with Crippen LogP contribution in [0.2, 0.25) is 0 Å². The van der Waals surface area contributed by atoms with Gasteiger partial charge >= 0.3 is 0 Å². The molecule has 0 heterocycles. The second-order valence-corrected chi connectivity index (χ2v) is 4.53. The molecule has 0 saturated carbocycles. The highest BCUT2D eigenvalue weighted by molar-refractivity contribution is 5.53. The second kappa shape index (κ2) is 5.66. The number of benzene rings is 2. The molecule has 2 aromatic carbocycles. The predicted molar refractivity (Wildman–Crippen MR) is 74.9 cm³/mol. The summed E-state index contributed by atoms with van der Waals surface area (Å²) in [6.45, 7) is 1.66. The van der Waals surface area contributed by atoms with Crippen LogP contribution in [0.4, 0.5) is 15.8 Å². The molecule has 6 nitrogen and oxygen atoms in total. The number of nitrogens with one attached hydrogen (secondary N) is 1. The molecule has 0 fully saturated rings. The Morgan fingerprint density at radius 3 is 2.57 bits per heavy atom. The molecular formula is C14H13FN2O4. The maximum Gasteiger partial charge on any atom is 0.272 e. The van der Waals surface area contributed by atoms with E-state index in [0.29, 0.717) is 5.56 Å². The Labute approximate surface area is 119 Å². The molecule has 0 saturated heterocycles. The Hall–Kier alpha value is -2.83. The molecule has 0 amide bonds. The zero-order chi connectivity index (χ0) is 15.6. The van der Waals surface area contributed by atoms with Gasteiger partial charge in [0.05, 0.1) is 22.7 Å². The number of aromatic hydroxyl groups is 2. The Kier molecular flexibility index (Phi) is 3.93. The van der Waals surface area contributed by atoms with Gasteiger partial charge in [0, 0.05) is 11.6 Å². The van der Waals surface area contributed by atoms with Crippen LogP contribution in [0.15, 0.2) is 36.4 Å². The van der Waals surface area contributed by atoms with E-state index >= 15 is 0 Å². The van der Waals surface area contributed by atoms with Gasteiger partial charge in [0.1, 0.15) is 11.5 Å².